The van der Waals surface area contributed by atoms with E-state index in [1.165, 1.54) is 53.1 Å². The first-order chi connectivity index (χ1) is 26.6. The highest BCUT2D eigenvalue weighted by atomic mass is 32.1. The lowest BCUT2D eigenvalue weighted by atomic mass is 10.1. The van der Waals surface area contributed by atoms with Gasteiger partial charge in [-0.25, -0.2) is 0 Å². The quantitative estimate of drug-likeness (QED) is 0.163. The minimum atomic E-state index is 1.07. The molecule has 10 aromatic rings. The molecule has 0 N–H and O–H groups in total. The van der Waals surface area contributed by atoms with E-state index in [4.69, 9.17) is 0 Å². The average Bonchev–Trinajstić information content (AvgIpc) is 3.73. The molecule has 258 valence electrons. The van der Waals surface area contributed by atoms with Crippen LogP contribution in [0.2, 0.25) is 0 Å². The van der Waals surface area contributed by atoms with Crippen molar-refractivity contribution in [2.24, 2.45) is 0 Å². The molecule has 0 atom stereocenters. The number of benzene rings is 8. The van der Waals surface area contributed by atoms with E-state index in [0.717, 1.165) is 39.8 Å². The van der Waals surface area contributed by atoms with Gasteiger partial charge in [0.25, 0.3) is 0 Å². The highest BCUT2D eigenvalue weighted by molar-refractivity contribution is 7.25. The zero-order valence-corrected chi connectivity index (χ0v) is 31.0. The Balaban J connectivity index is 1.31. The van der Waals surface area contributed by atoms with E-state index in [1.807, 2.05) is 11.3 Å². The van der Waals surface area contributed by atoms with Crippen LogP contribution in [0.3, 0.4) is 0 Å². The number of hydrogen-bond donors (Lipinski definition) is 0. The largest absolute Gasteiger partial charge is 0.310 e. The number of hydrogen-bond acceptors (Lipinski definition) is 3. The maximum atomic E-state index is 2.47. The highest BCUT2D eigenvalue weighted by Crippen LogP contribution is 2.45. The van der Waals surface area contributed by atoms with Gasteiger partial charge in [-0.15, -0.1) is 11.3 Å². The fourth-order valence-electron chi connectivity index (χ4n) is 8.02. The van der Waals surface area contributed by atoms with Crippen molar-refractivity contribution in [1.82, 2.24) is 4.57 Å². The van der Waals surface area contributed by atoms with E-state index in [0.29, 0.717) is 0 Å². The van der Waals surface area contributed by atoms with Crippen molar-refractivity contribution >= 4 is 87.4 Å². The molecule has 3 nitrogen and oxygen atoms in total. The minimum Gasteiger partial charge on any atom is -0.310 e. The van der Waals surface area contributed by atoms with Crippen molar-refractivity contribution < 1.29 is 0 Å². The zero-order valence-electron chi connectivity index (χ0n) is 30.1. The molecule has 4 heteroatoms. The second kappa shape index (κ2) is 13.1. The number of thiophene rings is 1. The van der Waals surface area contributed by atoms with Crippen LogP contribution in [0.1, 0.15) is 11.1 Å². The fourth-order valence-corrected chi connectivity index (χ4v) is 9.14. The standard InChI is InChI=1S/C50H37N3S/c1-34-15-13-21-38(27-34)51(36-17-5-3-6-18-36)40-29-41(52(37-19-7-4-8-20-37)39-22-14-16-35(2)28-39)31-42(30-40)53-47-25-11-9-23-43(47)45-32-46-44-24-10-12-26-49(44)54-50(46)33-48(45)53/h3-33H,1-2H3. The van der Waals surface area contributed by atoms with Gasteiger partial charge in [-0.1, -0.05) is 97.1 Å². The SMILES string of the molecule is Cc1cccc(N(c2ccccc2)c2cc(N(c3ccccc3)c3cccc(C)c3)cc(-n3c4ccccc4c4cc5c(cc43)sc3ccccc35)c2)c1. The third-order valence-corrected chi connectivity index (χ3v) is 11.5. The van der Waals surface area contributed by atoms with Crippen molar-refractivity contribution in [2.75, 3.05) is 9.80 Å². The normalized spacial score (nSPS) is 11.5. The van der Waals surface area contributed by atoms with Crippen LogP contribution in [0, 0.1) is 13.8 Å². The predicted molar refractivity (Wildman–Crippen MR) is 233 cm³/mol. The van der Waals surface area contributed by atoms with Crippen molar-refractivity contribution in [3.63, 3.8) is 0 Å². The van der Waals surface area contributed by atoms with Gasteiger partial charge in [0.05, 0.1) is 28.1 Å². The summed E-state index contributed by atoms with van der Waals surface area (Å²) in [4.78, 5) is 4.77. The van der Waals surface area contributed by atoms with E-state index in [1.54, 1.807) is 0 Å². The Morgan fingerprint density at radius 3 is 1.50 bits per heavy atom. The monoisotopic (exact) mass is 711 g/mol. The van der Waals surface area contributed by atoms with Gasteiger partial charge in [-0.2, -0.15) is 0 Å². The number of anilines is 6. The van der Waals surface area contributed by atoms with Crippen LogP contribution >= 0.6 is 11.3 Å². The molecule has 0 unspecified atom stereocenters. The molecule has 0 spiro atoms. The van der Waals surface area contributed by atoms with Crippen LogP contribution in [0.15, 0.2) is 188 Å². The van der Waals surface area contributed by atoms with Crippen LogP contribution in [-0.2, 0) is 0 Å². The van der Waals surface area contributed by atoms with Crippen LogP contribution in [0.25, 0.3) is 47.7 Å². The van der Waals surface area contributed by atoms with E-state index in [9.17, 15) is 0 Å². The van der Waals surface area contributed by atoms with Gasteiger partial charge in [0.1, 0.15) is 0 Å². The Morgan fingerprint density at radius 2 is 0.889 bits per heavy atom. The van der Waals surface area contributed by atoms with E-state index in [2.05, 4.69) is 216 Å². The smallest absolute Gasteiger partial charge is 0.0555 e. The lowest BCUT2D eigenvalue weighted by Crippen LogP contribution is -2.14. The van der Waals surface area contributed by atoms with E-state index < -0.39 is 0 Å². The maximum absolute atomic E-state index is 2.47. The van der Waals surface area contributed by atoms with Gasteiger partial charge in [0.15, 0.2) is 0 Å². The van der Waals surface area contributed by atoms with Crippen molar-refractivity contribution in [2.45, 2.75) is 13.8 Å². The molecule has 0 amide bonds. The lowest BCUT2D eigenvalue weighted by molar-refractivity contribution is 1.16. The number of rotatable bonds is 7. The Kier molecular flexibility index (Phi) is 7.78. The molecule has 54 heavy (non-hydrogen) atoms. The van der Waals surface area contributed by atoms with E-state index in [-0.39, 0.29) is 0 Å². The molecule has 0 aliphatic carbocycles. The molecular formula is C50H37N3S. The topological polar surface area (TPSA) is 11.4 Å². The summed E-state index contributed by atoms with van der Waals surface area (Å²) in [5, 5.41) is 5.12. The molecule has 0 saturated heterocycles. The van der Waals surface area contributed by atoms with Crippen molar-refractivity contribution in [3.8, 4) is 5.69 Å². The Hall–Kier alpha value is -6.62. The fraction of sp³-hybridized carbons (Fsp3) is 0.0400. The number of aryl methyl sites for hydroxylation is 2. The van der Waals surface area contributed by atoms with Gasteiger partial charge in [-0.05, 0) is 116 Å². The van der Waals surface area contributed by atoms with Crippen molar-refractivity contribution in [1.29, 1.82) is 0 Å². The molecule has 0 bridgehead atoms. The second-order valence-electron chi connectivity index (χ2n) is 14.0. The van der Waals surface area contributed by atoms with E-state index >= 15 is 0 Å². The van der Waals surface area contributed by atoms with Crippen LogP contribution in [0.5, 0.6) is 0 Å². The third kappa shape index (κ3) is 5.51. The first kappa shape index (κ1) is 32.1. The molecule has 2 heterocycles. The molecule has 0 radical (unpaired) electrons. The molecule has 0 aliphatic rings. The number of para-hydroxylation sites is 3. The molecule has 2 aromatic heterocycles. The third-order valence-electron chi connectivity index (χ3n) is 10.4. The first-order valence-electron chi connectivity index (χ1n) is 18.4. The molecule has 10 rings (SSSR count). The molecule has 0 aliphatic heterocycles. The second-order valence-corrected chi connectivity index (χ2v) is 15.1. The predicted octanol–water partition coefficient (Wildman–Crippen LogP) is 14.7. The Bertz CT molecular complexity index is 2870. The van der Waals surface area contributed by atoms with Crippen molar-refractivity contribution in [3.05, 3.63) is 199 Å². The van der Waals surface area contributed by atoms with Gasteiger partial charge in [-0.3, -0.25) is 0 Å². The maximum Gasteiger partial charge on any atom is 0.0555 e. The summed E-state index contributed by atoms with van der Waals surface area (Å²) in [6.45, 7) is 4.33. The summed E-state index contributed by atoms with van der Waals surface area (Å²) >= 11 is 1.87. The number of nitrogens with zero attached hydrogens (tertiary/aromatic N) is 3. The molecular weight excluding hydrogens is 675 g/mol. The van der Waals surface area contributed by atoms with Gasteiger partial charge >= 0.3 is 0 Å². The molecule has 0 fully saturated rings. The summed E-state index contributed by atoms with van der Waals surface area (Å²) in [5.41, 5.74) is 12.5. The number of fused-ring (bicyclic) bond motifs is 6. The molecule has 8 aromatic carbocycles. The first-order valence-corrected chi connectivity index (χ1v) is 19.2. The average molecular weight is 712 g/mol. The number of aromatic nitrogens is 1. The Morgan fingerprint density at radius 1 is 0.352 bits per heavy atom. The minimum absolute atomic E-state index is 1.07. The Labute approximate surface area is 319 Å². The summed E-state index contributed by atoms with van der Waals surface area (Å²) in [6, 6.07) is 68.5. The zero-order chi connectivity index (χ0) is 36.2. The van der Waals surface area contributed by atoms with Crippen LogP contribution < -0.4 is 9.80 Å². The summed E-state index contributed by atoms with van der Waals surface area (Å²) in [7, 11) is 0. The van der Waals surface area contributed by atoms with Crippen LogP contribution in [0.4, 0.5) is 34.1 Å². The van der Waals surface area contributed by atoms with Crippen LogP contribution in [-0.4, -0.2) is 4.57 Å². The summed E-state index contributed by atoms with van der Waals surface area (Å²) in [5.74, 6) is 0. The van der Waals surface area contributed by atoms with Gasteiger partial charge in [0, 0.05) is 53.7 Å². The summed E-state index contributed by atoms with van der Waals surface area (Å²) in [6.07, 6.45) is 0. The summed E-state index contributed by atoms with van der Waals surface area (Å²) < 4.78 is 5.08. The van der Waals surface area contributed by atoms with Gasteiger partial charge < -0.3 is 14.4 Å². The molecule has 0 saturated carbocycles. The highest BCUT2D eigenvalue weighted by Gasteiger charge is 2.22. The van der Waals surface area contributed by atoms with Gasteiger partial charge in [0.2, 0.25) is 0 Å². The lowest BCUT2D eigenvalue weighted by Gasteiger charge is -2.30.